The van der Waals surface area contributed by atoms with Crippen molar-refractivity contribution in [2.24, 2.45) is 11.7 Å². The number of amides is 1. The van der Waals surface area contributed by atoms with Crippen molar-refractivity contribution < 1.29 is 26.4 Å². The molecule has 7 nitrogen and oxygen atoms in total. The van der Waals surface area contributed by atoms with Gasteiger partial charge in [-0.1, -0.05) is 0 Å². The summed E-state index contributed by atoms with van der Waals surface area (Å²) in [4.78, 5) is 13.9. The van der Waals surface area contributed by atoms with Crippen molar-refractivity contribution in [2.45, 2.75) is 31.7 Å². The van der Waals surface area contributed by atoms with Crippen LogP contribution in [0.2, 0.25) is 0 Å². The van der Waals surface area contributed by atoms with E-state index in [9.17, 15) is 26.4 Å². The molecule has 0 aromatic heterocycles. The third-order valence-corrected chi connectivity index (χ3v) is 6.68. The highest BCUT2D eigenvalue weighted by Crippen LogP contribution is 2.24. The van der Waals surface area contributed by atoms with Gasteiger partial charge in [-0.25, -0.2) is 17.9 Å². The van der Waals surface area contributed by atoms with Gasteiger partial charge in [-0.3, -0.25) is 4.79 Å². The number of halogens is 3. The Labute approximate surface area is 169 Å². The molecule has 2 rings (SSSR count). The number of carbonyl (C=O) groups excluding carboxylic acids is 1. The fourth-order valence-electron chi connectivity index (χ4n) is 3.29. The SMILES string of the molecule is CN(C)S(=O)(=O)NCCC(=O)N1CCC([C@H](N)Cc2cc(F)c(F)cc2F)CC1. The summed E-state index contributed by atoms with van der Waals surface area (Å²) in [6.07, 6.45) is 1.32. The van der Waals surface area contributed by atoms with Crippen LogP contribution in [-0.2, 0) is 21.4 Å². The van der Waals surface area contributed by atoms with Gasteiger partial charge in [0.05, 0.1) is 0 Å². The van der Waals surface area contributed by atoms with Crippen LogP contribution >= 0.6 is 0 Å². The van der Waals surface area contributed by atoms with E-state index < -0.39 is 33.7 Å². The highest BCUT2D eigenvalue weighted by atomic mass is 32.2. The Kier molecular flexibility index (Phi) is 8.03. The van der Waals surface area contributed by atoms with Gasteiger partial charge in [-0.2, -0.15) is 12.7 Å². The molecular formula is C18H27F3N4O3S. The fraction of sp³-hybridized carbons (Fsp3) is 0.611. The molecule has 1 atom stereocenters. The molecule has 1 aliphatic rings. The molecule has 11 heteroatoms. The van der Waals surface area contributed by atoms with E-state index in [1.807, 2.05) is 0 Å². The van der Waals surface area contributed by atoms with Crippen molar-refractivity contribution in [3.63, 3.8) is 0 Å². The Bertz CT molecular complexity index is 828. The van der Waals surface area contributed by atoms with Gasteiger partial charge < -0.3 is 10.6 Å². The third kappa shape index (κ3) is 6.39. The number of nitrogens with zero attached hydrogens (tertiary/aromatic N) is 2. The van der Waals surface area contributed by atoms with Crippen molar-refractivity contribution >= 4 is 16.1 Å². The number of nitrogens with two attached hydrogens (primary N) is 1. The zero-order valence-electron chi connectivity index (χ0n) is 16.5. The van der Waals surface area contributed by atoms with Crippen LogP contribution in [0.25, 0.3) is 0 Å². The summed E-state index contributed by atoms with van der Waals surface area (Å²) in [6, 6.07) is 0.903. The minimum Gasteiger partial charge on any atom is -0.343 e. The smallest absolute Gasteiger partial charge is 0.278 e. The molecule has 0 spiro atoms. The molecule has 1 aromatic carbocycles. The molecule has 0 aliphatic carbocycles. The summed E-state index contributed by atoms with van der Waals surface area (Å²) in [7, 11) is -0.782. The zero-order chi connectivity index (χ0) is 21.8. The molecule has 1 saturated heterocycles. The van der Waals surface area contributed by atoms with Gasteiger partial charge in [-0.15, -0.1) is 0 Å². The molecule has 164 valence electrons. The average molecular weight is 437 g/mol. The second kappa shape index (κ2) is 9.88. The largest absolute Gasteiger partial charge is 0.343 e. The second-order valence-corrected chi connectivity index (χ2v) is 9.34. The van der Waals surface area contributed by atoms with E-state index in [0.717, 1.165) is 10.4 Å². The number of rotatable bonds is 8. The molecule has 1 fully saturated rings. The minimum atomic E-state index is -3.57. The first kappa shape index (κ1) is 23.6. The fourth-order valence-corrected chi connectivity index (χ4v) is 3.91. The van der Waals surface area contributed by atoms with Crippen molar-refractivity contribution in [3.05, 3.63) is 35.1 Å². The number of carbonyl (C=O) groups is 1. The maximum Gasteiger partial charge on any atom is 0.278 e. The van der Waals surface area contributed by atoms with Crippen molar-refractivity contribution in [2.75, 3.05) is 33.7 Å². The summed E-state index contributed by atoms with van der Waals surface area (Å²) in [5.41, 5.74) is 6.18. The summed E-state index contributed by atoms with van der Waals surface area (Å²) in [6.45, 7) is 0.921. The van der Waals surface area contributed by atoms with Crippen LogP contribution in [0.15, 0.2) is 12.1 Å². The predicted octanol–water partition coefficient (Wildman–Crippen LogP) is 0.998. The lowest BCUT2D eigenvalue weighted by Gasteiger charge is -2.35. The monoisotopic (exact) mass is 436 g/mol. The summed E-state index contributed by atoms with van der Waals surface area (Å²) < 4.78 is 66.8. The van der Waals surface area contributed by atoms with Crippen molar-refractivity contribution in [1.29, 1.82) is 0 Å². The van der Waals surface area contributed by atoms with Gasteiger partial charge in [0.15, 0.2) is 11.6 Å². The third-order valence-electron chi connectivity index (χ3n) is 5.15. The highest BCUT2D eigenvalue weighted by molar-refractivity contribution is 7.87. The Morgan fingerprint density at radius 3 is 2.38 bits per heavy atom. The highest BCUT2D eigenvalue weighted by Gasteiger charge is 2.27. The van der Waals surface area contributed by atoms with Crippen molar-refractivity contribution in [3.8, 4) is 0 Å². The van der Waals surface area contributed by atoms with Gasteiger partial charge in [-0.05, 0) is 36.8 Å². The second-order valence-electron chi connectivity index (χ2n) is 7.38. The maximum absolute atomic E-state index is 13.8. The molecule has 0 saturated carbocycles. The number of likely N-dealkylation sites (tertiary alicyclic amines) is 1. The normalized spacial score (nSPS) is 17.0. The topological polar surface area (TPSA) is 95.7 Å². The number of benzene rings is 1. The molecule has 29 heavy (non-hydrogen) atoms. The van der Waals surface area contributed by atoms with Gasteiger partial charge in [0.2, 0.25) is 5.91 Å². The number of hydrogen-bond acceptors (Lipinski definition) is 4. The predicted molar refractivity (Wildman–Crippen MR) is 103 cm³/mol. The Hall–Kier alpha value is -1.69. The number of piperidine rings is 1. The van der Waals surface area contributed by atoms with E-state index in [1.165, 1.54) is 14.1 Å². The molecule has 1 amide bonds. The van der Waals surface area contributed by atoms with E-state index in [0.29, 0.717) is 32.0 Å². The van der Waals surface area contributed by atoms with Crippen LogP contribution in [0, 0.1) is 23.4 Å². The van der Waals surface area contributed by atoms with E-state index in [-0.39, 0.29) is 36.8 Å². The first-order valence-electron chi connectivity index (χ1n) is 9.35. The van der Waals surface area contributed by atoms with Crippen LogP contribution in [0.5, 0.6) is 0 Å². The molecule has 0 unspecified atom stereocenters. The van der Waals surface area contributed by atoms with E-state index in [1.54, 1.807) is 4.90 Å². The average Bonchev–Trinajstić information content (AvgIpc) is 2.65. The van der Waals surface area contributed by atoms with Crippen LogP contribution in [0.1, 0.15) is 24.8 Å². The number of hydrogen-bond donors (Lipinski definition) is 2. The Morgan fingerprint density at radius 1 is 1.21 bits per heavy atom. The lowest BCUT2D eigenvalue weighted by atomic mass is 9.86. The van der Waals surface area contributed by atoms with Gasteiger partial charge in [0.1, 0.15) is 5.82 Å². The molecule has 3 N–H and O–H groups in total. The van der Waals surface area contributed by atoms with Crippen molar-refractivity contribution in [1.82, 2.24) is 13.9 Å². The first-order valence-corrected chi connectivity index (χ1v) is 10.8. The first-order chi connectivity index (χ1) is 13.5. The van der Waals surface area contributed by atoms with E-state index in [2.05, 4.69) is 4.72 Å². The molecule has 1 aliphatic heterocycles. The Morgan fingerprint density at radius 2 is 1.79 bits per heavy atom. The minimum absolute atomic E-state index is 0.00813. The summed E-state index contributed by atoms with van der Waals surface area (Å²) in [5, 5.41) is 0. The summed E-state index contributed by atoms with van der Waals surface area (Å²) >= 11 is 0. The molecule has 0 radical (unpaired) electrons. The van der Waals surface area contributed by atoms with Crippen LogP contribution in [-0.4, -0.2) is 63.3 Å². The van der Waals surface area contributed by atoms with Gasteiger partial charge in [0, 0.05) is 52.3 Å². The lowest BCUT2D eigenvalue weighted by molar-refractivity contribution is -0.132. The zero-order valence-corrected chi connectivity index (χ0v) is 17.3. The van der Waals surface area contributed by atoms with Gasteiger partial charge >= 0.3 is 0 Å². The molecule has 0 bridgehead atoms. The van der Waals surface area contributed by atoms with E-state index in [4.69, 9.17) is 5.73 Å². The molecule has 1 aromatic rings. The standard InChI is InChI=1S/C18H27F3N4O3S/c1-24(2)29(27,28)23-6-3-18(26)25-7-4-12(5-8-25)17(22)10-13-9-15(20)16(21)11-14(13)19/h9,11-12,17,23H,3-8,10,22H2,1-2H3/t17-/m1/s1. The van der Waals surface area contributed by atoms with Crippen LogP contribution in [0.3, 0.4) is 0 Å². The quantitative estimate of drug-likeness (QED) is 0.595. The molecule has 1 heterocycles. The van der Waals surface area contributed by atoms with Gasteiger partial charge in [0.25, 0.3) is 10.2 Å². The maximum atomic E-state index is 13.8. The lowest BCUT2D eigenvalue weighted by Crippen LogP contribution is -2.45. The van der Waals surface area contributed by atoms with E-state index >= 15 is 0 Å². The number of nitrogens with one attached hydrogen (secondary N) is 1. The van der Waals surface area contributed by atoms with Crippen LogP contribution in [0.4, 0.5) is 13.2 Å². The summed E-state index contributed by atoms with van der Waals surface area (Å²) in [5.74, 6) is -3.32. The molecular weight excluding hydrogens is 409 g/mol. The van der Waals surface area contributed by atoms with Crippen LogP contribution < -0.4 is 10.5 Å². The Balaban J connectivity index is 1.81.